The Labute approximate surface area is 140 Å². The highest BCUT2D eigenvalue weighted by Crippen LogP contribution is 2.68. The van der Waals surface area contributed by atoms with Gasteiger partial charge in [0.1, 0.15) is 5.82 Å². The van der Waals surface area contributed by atoms with Crippen molar-refractivity contribution >= 4 is 17.4 Å². The molecule has 120 valence electrons. The van der Waals surface area contributed by atoms with Gasteiger partial charge in [-0.3, -0.25) is 0 Å². The Hall–Kier alpha value is -1.62. The third-order valence-electron chi connectivity index (χ3n) is 5.44. The van der Waals surface area contributed by atoms with Crippen molar-refractivity contribution in [3.63, 3.8) is 0 Å². The molecule has 5 heteroatoms. The molecule has 1 aliphatic carbocycles. The Kier molecular flexibility index (Phi) is 3.56. The zero-order valence-corrected chi connectivity index (χ0v) is 13.4. The number of hydrogen-bond acceptors (Lipinski definition) is 4. The third kappa shape index (κ3) is 2.17. The molecular weight excluding hydrogens is 312 g/mol. The minimum Gasteiger partial charge on any atom is -0.396 e. The molecule has 1 saturated heterocycles. The SMILES string of the molecule is OC[C@@H]1[C@@H](c2ccccc2)[C@]12CN(c1ncccc1Cl)C[C@H]2O. The monoisotopic (exact) mass is 330 g/mol. The lowest BCUT2D eigenvalue weighted by atomic mass is 9.95. The van der Waals surface area contributed by atoms with E-state index in [1.165, 1.54) is 5.56 Å². The second-order valence-corrected chi connectivity index (χ2v) is 6.90. The molecule has 4 nitrogen and oxygen atoms in total. The molecule has 4 rings (SSSR count). The van der Waals surface area contributed by atoms with E-state index in [2.05, 4.69) is 17.1 Å². The first-order valence-electron chi connectivity index (χ1n) is 7.88. The summed E-state index contributed by atoms with van der Waals surface area (Å²) in [5, 5.41) is 21.2. The molecule has 2 aromatic rings. The van der Waals surface area contributed by atoms with Gasteiger partial charge in [0.15, 0.2) is 0 Å². The average Bonchev–Trinajstić information content (AvgIpc) is 3.11. The number of halogens is 1. The molecule has 2 fully saturated rings. The molecule has 2 heterocycles. The number of benzene rings is 1. The molecule has 0 unspecified atom stereocenters. The van der Waals surface area contributed by atoms with E-state index in [4.69, 9.17) is 11.6 Å². The first-order chi connectivity index (χ1) is 11.2. The number of aromatic nitrogens is 1. The number of β-amino-alcohol motifs (C(OH)–C–C–N with tert-alkyl or cyclic N) is 1. The van der Waals surface area contributed by atoms with Crippen LogP contribution in [0.2, 0.25) is 5.02 Å². The van der Waals surface area contributed by atoms with Crippen molar-refractivity contribution in [2.45, 2.75) is 12.0 Å². The lowest BCUT2D eigenvalue weighted by molar-refractivity contribution is 0.113. The summed E-state index contributed by atoms with van der Waals surface area (Å²) >= 11 is 6.25. The standard InChI is InChI=1S/C18H19ClN2O2/c19-14-7-4-8-20-17(14)21-9-15(23)18(11-21)13(10-22)16(18)12-5-2-1-3-6-12/h1-8,13,15-16,22-23H,9-11H2/t13-,15-,16-,18-/m1/s1. The maximum Gasteiger partial charge on any atom is 0.147 e. The lowest BCUT2D eigenvalue weighted by Crippen LogP contribution is -2.23. The van der Waals surface area contributed by atoms with E-state index >= 15 is 0 Å². The Morgan fingerprint density at radius 3 is 2.70 bits per heavy atom. The zero-order chi connectivity index (χ0) is 16.0. The van der Waals surface area contributed by atoms with Crippen LogP contribution in [0.1, 0.15) is 11.5 Å². The fraction of sp³-hybridized carbons (Fsp3) is 0.389. The molecule has 1 spiro atoms. The van der Waals surface area contributed by atoms with Crippen LogP contribution in [-0.4, -0.2) is 41.0 Å². The Balaban J connectivity index is 1.66. The number of hydrogen-bond donors (Lipinski definition) is 2. The molecule has 0 amide bonds. The first kappa shape index (κ1) is 14.9. The number of aliphatic hydroxyl groups is 2. The van der Waals surface area contributed by atoms with Crippen LogP contribution in [0.15, 0.2) is 48.7 Å². The van der Waals surface area contributed by atoms with Crippen LogP contribution in [0.5, 0.6) is 0 Å². The van der Waals surface area contributed by atoms with Crippen molar-refractivity contribution in [1.29, 1.82) is 0 Å². The third-order valence-corrected chi connectivity index (χ3v) is 5.73. The molecule has 4 atom stereocenters. The highest BCUT2D eigenvalue weighted by molar-refractivity contribution is 6.32. The van der Waals surface area contributed by atoms with Gasteiger partial charge in [0.25, 0.3) is 0 Å². The summed E-state index contributed by atoms with van der Waals surface area (Å²) in [6.07, 6.45) is 1.21. The average molecular weight is 331 g/mol. The molecule has 1 saturated carbocycles. The maximum absolute atomic E-state index is 10.8. The molecular formula is C18H19ClN2O2. The number of nitrogens with zero attached hydrogens (tertiary/aromatic N) is 2. The summed E-state index contributed by atoms with van der Waals surface area (Å²) in [6.45, 7) is 1.24. The lowest BCUT2D eigenvalue weighted by Gasteiger charge is -2.18. The van der Waals surface area contributed by atoms with E-state index in [9.17, 15) is 10.2 Å². The zero-order valence-electron chi connectivity index (χ0n) is 12.6. The van der Waals surface area contributed by atoms with Gasteiger partial charge in [-0.1, -0.05) is 41.9 Å². The summed E-state index contributed by atoms with van der Waals surface area (Å²) < 4.78 is 0. The predicted octanol–water partition coefficient (Wildman–Crippen LogP) is 2.31. The number of pyridine rings is 1. The van der Waals surface area contributed by atoms with Gasteiger partial charge >= 0.3 is 0 Å². The number of anilines is 1. The fourth-order valence-electron chi connectivity index (χ4n) is 4.34. The van der Waals surface area contributed by atoms with Crippen LogP contribution in [0.25, 0.3) is 0 Å². The topological polar surface area (TPSA) is 56.6 Å². The van der Waals surface area contributed by atoms with Crippen LogP contribution >= 0.6 is 11.6 Å². The van der Waals surface area contributed by atoms with E-state index in [-0.39, 0.29) is 23.9 Å². The van der Waals surface area contributed by atoms with Gasteiger partial charge in [-0.05, 0) is 29.5 Å². The second kappa shape index (κ2) is 5.48. The van der Waals surface area contributed by atoms with Gasteiger partial charge in [-0.25, -0.2) is 4.98 Å². The molecule has 23 heavy (non-hydrogen) atoms. The number of rotatable bonds is 3. The molecule has 2 N–H and O–H groups in total. The molecule has 1 aromatic heterocycles. The van der Waals surface area contributed by atoms with Crippen LogP contribution in [0, 0.1) is 11.3 Å². The van der Waals surface area contributed by atoms with E-state index in [0.29, 0.717) is 23.9 Å². The summed E-state index contributed by atoms with van der Waals surface area (Å²) in [4.78, 5) is 6.40. The molecule has 0 radical (unpaired) electrons. The van der Waals surface area contributed by atoms with Crippen molar-refractivity contribution in [1.82, 2.24) is 4.98 Å². The smallest absolute Gasteiger partial charge is 0.147 e. The van der Waals surface area contributed by atoms with E-state index < -0.39 is 6.10 Å². The van der Waals surface area contributed by atoms with Gasteiger partial charge in [0.2, 0.25) is 0 Å². The quantitative estimate of drug-likeness (QED) is 0.906. The van der Waals surface area contributed by atoms with E-state index in [0.717, 1.165) is 0 Å². The van der Waals surface area contributed by atoms with Gasteiger partial charge < -0.3 is 15.1 Å². The Morgan fingerprint density at radius 2 is 2.00 bits per heavy atom. The number of aliphatic hydroxyl groups excluding tert-OH is 2. The maximum atomic E-state index is 10.8. The predicted molar refractivity (Wildman–Crippen MR) is 89.7 cm³/mol. The van der Waals surface area contributed by atoms with Crippen molar-refractivity contribution in [3.8, 4) is 0 Å². The van der Waals surface area contributed by atoms with Gasteiger partial charge in [0, 0.05) is 31.3 Å². The second-order valence-electron chi connectivity index (χ2n) is 6.49. The molecule has 0 bridgehead atoms. The molecule has 1 aliphatic heterocycles. The minimum atomic E-state index is -0.497. The molecule has 2 aliphatic rings. The van der Waals surface area contributed by atoms with Crippen LogP contribution in [0.3, 0.4) is 0 Å². The summed E-state index contributed by atoms with van der Waals surface area (Å²) in [5.41, 5.74) is 0.872. The first-order valence-corrected chi connectivity index (χ1v) is 8.25. The summed E-state index contributed by atoms with van der Waals surface area (Å²) in [7, 11) is 0. The van der Waals surface area contributed by atoms with Crippen LogP contribution in [-0.2, 0) is 0 Å². The van der Waals surface area contributed by atoms with Crippen molar-refractivity contribution in [2.75, 3.05) is 24.6 Å². The Morgan fingerprint density at radius 1 is 1.22 bits per heavy atom. The highest BCUT2D eigenvalue weighted by atomic mass is 35.5. The highest BCUT2D eigenvalue weighted by Gasteiger charge is 2.71. The molecule has 1 aromatic carbocycles. The van der Waals surface area contributed by atoms with Crippen LogP contribution < -0.4 is 4.90 Å². The largest absolute Gasteiger partial charge is 0.396 e. The van der Waals surface area contributed by atoms with Crippen molar-refractivity contribution < 1.29 is 10.2 Å². The minimum absolute atomic E-state index is 0.0763. The van der Waals surface area contributed by atoms with Crippen LogP contribution in [0.4, 0.5) is 5.82 Å². The van der Waals surface area contributed by atoms with Crippen molar-refractivity contribution in [2.24, 2.45) is 11.3 Å². The fourth-order valence-corrected chi connectivity index (χ4v) is 4.58. The summed E-state index contributed by atoms with van der Waals surface area (Å²) in [5.74, 6) is 0.962. The Bertz CT molecular complexity index is 711. The summed E-state index contributed by atoms with van der Waals surface area (Å²) in [6, 6.07) is 13.8. The van der Waals surface area contributed by atoms with Gasteiger partial charge in [-0.15, -0.1) is 0 Å². The normalized spacial score (nSPS) is 32.5. The van der Waals surface area contributed by atoms with Crippen molar-refractivity contribution in [3.05, 3.63) is 59.2 Å². The van der Waals surface area contributed by atoms with E-state index in [1.807, 2.05) is 29.2 Å². The van der Waals surface area contributed by atoms with Gasteiger partial charge in [0.05, 0.1) is 11.1 Å². The van der Waals surface area contributed by atoms with Gasteiger partial charge in [-0.2, -0.15) is 0 Å². The van der Waals surface area contributed by atoms with E-state index in [1.54, 1.807) is 12.3 Å².